The van der Waals surface area contributed by atoms with Crippen LogP contribution in [0.15, 0.2) is 36.4 Å². The van der Waals surface area contributed by atoms with Gasteiger partial charge in [-0.1, -0.05) is 12.1 Å². The molecule has 6 nitrogen and oxygen atoms in total. The number of carbonyl (C=O) groups is 1. The number of carboxylic acid groups (broad SMARTS) is 1. The Hall–Kier alpha value is -2.89. The van der Waals surface area contributed by atoms with Crippen molar-refractivity contribution in [1.29, 1.82) is 0 Å². The second-order valence-electron chi connectivity index (χ2n) is 4.57. The SMILES string of the molecule is Cc1cc(C(=O)O)ccc1Oc1cccc(C)c1[N+](=O)[O-]. The summed E-state index contributed by atoms with van der Waals surface area (Å²) in [5, 5.41) is 20.0. The molecule has 2 rings (SSSR count). The number of carboxylic acids is 1. The Labute approximate surface area is 120 Å². The third-order valence-electron chi connectivity index (χ3n) is 3.03. The summed E-state index contributed by atoms with van der Waals surface area (Å²) in [6.45, 7) is 3.31. The lowest BCUT2D eigenvalue weighted by atomic mass is 10.1. The van der Waals surface area contributed by atoms with Crippen LogP contribution in [0, 0.1) is 24.0 Å². The lowest BCUT2D eigenvalue weighted by Crippen LogP contribution is -1.99. The van der Waals surface area contributed by atoms with Gasteiger partial charge in [-0.05, 0) is 43.7 Å². The first-order chi connectivity index (χ1) is 9.90. The number of rotatable bonds is 4. The molecule has 0 fully saturated rings. The number of ether oxygens (including phenoxy) is 1. The molecule has 0 aliphatic rings. The van der Waals surface area contributed by atoms with Crippen molar-refractivity contribution in [2.24, 2.45) is 0 Å². The summed E-state index contributed by atoms with van der Waals surface area (Å²) in [5.41, 5.74) is 1.13. The van der Waals surface area contributed by atoms with Gasteiger partial charge in [0.05, 0.1) is 10.5 Å². The van der Waals surface area contributed by atoms with Crippen molar-refractivity contribution in [2.45, 2.75) is 13.8 Å². The zero-order valence-corrected chi connectivity index (χ0v) is 11.5. The van der Waals surface area contributed by atoms with E-state index in [1.807, 2.05) is 0 Å². The zero-order chi connectivity index (χ0) is 15.6. The second kappa shape index (κ2) is 5.62. The van der Waals surface area contributed by atoms with Crippen molar-refractivity contribution in [3.8, 4) is 11.5 Å². The summed E-state index contributed by atoms with van der Waals surface area (Å²) >= 11 is 0. The van der Waals surface area contributed by atoms with Crippen LogP contribution >= 0.6 is 0 Å². The van der Waals surface area contributed by atoms with E-state index in [2.05, 4.69) is 0 Å². The van der Waals surface area contributed by atoms with E-state index in [0.29, 0.717) is 16.9 Å². The topological polar surface area (TPSA) is 89.7 Å². The van der Waals surface area contributed by atoms with Gasteiger partial charge in [0.2, 0.25) is 5.75 Å². The lowest BCUT2D eigenvalue weighted by Gasteiger charge is -2.10. The Morgan fingerprint density at radius 2 is 1.86 bits per heavy atom. The maximum Gasteiger partial charge on any atom is 0.335 e. The fraction of sp³-hybridized carbons (Fsp3) is 0.133. The highest BCUT2D eigenvalue weighted by atomic mass is 16.6. The highest BCUT2D eigenvalue weighted by molar-refractivity contribution is 5.88. The molecule has 0 heterocycles. The molecule has 0 aromatic heterocycles. The van der Waals surface area contributed by atoms with Crippen molar-refractivity contribution in [3.05, 3.63) is 63.2 Å². The molecule has 2 aromatic carbocycles. The number of nitro benzene ring substituents is 1. The molecule has 1 N–H and O–H groups in total. The summed E-state index contributed by atoms with van der Waals surface area (Å²) in [6, 6.07) is 9.15. The van der Waals surface area contributed by atoms with Crippen molar-refractivity contribution < 1.29 is 19.6 Å². The smallest absolute Gasteiger partial charge is 0.335 e. The molecular weight excluding hydrogens is 274 g/mol. The molecule has 0 aliphatic heterocycles. The van der Waals surface area contributed by atoms with Gasteiger partial charge in [-0.2, -0.15) is 0 Å². The predicted octanol–water partition coefficient (Wildman–Crippen LogP) is 3.70. The standard InChI is InChI=1S/C15H13NO5/c1-9-4-3-5-13(14(9)16(19)20)21-12-7-6-11(15(17)18)8-10(12)2/h3-8H,1-2H3,(H,17,18). The van der Waals surface area contributed by atoms with Crippen LogP contribution in [0.4, 0.5) is 5.69 Å². The Balaban J connectivity index is 2.42. The van der Waals surface area contributed by atoms with Crippen LogP contribution in [0.3, 0.4) is 0 Å². The van der Waals surface area contributed by atoms with Crippen LogP contribution < -0.4 is 4.74 Å². The van der Waals surface area contributed by atoms with E-state index in [1.165, 1.54) is 24.3 Å². The number of benzene rings is 2. The number of para-hydroxylation sites is 1. The quantitative estimate of drug-likeness (QED) is 0.684. The van der Waals surface area contributed by atoms with Gasteiger partial charge in [-0.3, -0.25) is 10.1 Å². The lowest BCUT2D eigenvalue weighted by molar-refractivity contribution is -0.386. The number of hydrogen-bond donors (Lipinski definition) is 1. The van der Waals surface area contributed by atoms with E-state index in [0.717, 1.165) is 0 Å². The van der Waals surface area contributed by atoms with Gasteiger partial charge in [0.1, 0.15) is 5.75 Å². The third-order valence-corrected chi connectivity index (χ3v) is 3.03. The van der Waals surface area contributed by atoms with E-state index in [9.17, 15) is 14.9 Å². The van der Waals surface area contributed by atoms with Crippen molar-refractivity contribution >= 4 is 11.7 Å². The van der Waals surface area contributed by atoms with Crippen molar-refractivity contribution in [3.63, 3.8) is 0 Å². The summed E-state index contributed by atoms with van der Waals surface area (Å²) in [5.74, 6) is -0.522. The average molecular weight is 287 g/mol. The molecule has 108 valence electrons. The molecule has 0 unspecified atom stereocenters. The fourth-order valence-corrected chi connectivity index (χ4v) is 1.96. The number of nitrogens with zero attached hydrogens (tertiary/aromatic N) is 1. The van der Waals surface area contributed by atoms with Crippen molar-refractivity contribution in [2.75, 3.05) is 0 Å². The minimum absolute atomic E-state index is 0.0980. The van der Waals surface area contributed by atoms with Crippen LogP contribution in [0.1, 0.15) is 21.5 Å². The normalized spacial score (nSPS) is 10.2. The molecule has 6 heteroatoms. The first-order valence-electron chi connectivity index (χ1n) is 6.16. The largest absolute Gasteiger partial charge is 0.478 e. The predicted molar refractivity (Wildman–Crippen MR) is 76.0 cm³/mol. The maximum absolute atomic E-state index is 11.1. The minimum Gasteiger partial charge on any atom is -0.478 e. The highest BCUT2D eigenvalue weighted by Crippen LogP contribution is 2.35. The van der Waals surface area contributed by atoms with Crippen LogP contribution in [0.2, 0.25) is 0 Å². The van der Waals surface area contributed by atoms with Gasteiger partial charge in [-0.15, -0.1) is 0 Å². The van der Waals surface area contributed by atoms with Gasteiger partial charge in [0.25, 0.3) is 0 Å². The molecule has 0 aliphatic carbocycles. The Morgan fingerprint density at radius 3 is 2.43 bits per heavy atom. The van der Waals surface area contributed by atoms with Gasteiger partial charge in [0, 0.05) is 5.56 Å². The molecule has 0 radical (unpaired) electrons. The van der Waals surface area contributed by atoms with E-state index in [4.69, 9.17) is 9.84 Å². The molecule has 0 saturated heterocycles. The van der Waals surface area contributed by atoms with Gasteiger partial charge in [0.15, 0.2) is 0 Å². The second-order valence-corrected chi connectivity index (χ2v) is 4.57. The van der Waals surface area contributed by atoms with Crippen LogP contribution in [0.5, 0.6) is 11.5 Å². The van der Waals surface area contributed by atoms with Crippen LogP contribution in [0.25, 0.3) is 0 Å². The van der Waals surface area contributed by atoms with Crippen LogP contribution in [-0.4, -0.2) is 16.0 Å². The summed E-state index contributed by atoms with van der Waals surface area (Å²) < 4.78 is 5.58. The van der Waals surface area contributed by atoms with E-state index in [-0.39, 0.29) is 17.0 Å². The van der Waals surface area contributed by atoms with Crippen molar-refractivity contribution in [1.82, 2.24) is 0 Å². The number of nitro groups is 1. The molecular formula is C15H13NO5. The third kappa shape index (κ3) is 3.00. The summed E-state index contributed by atoms with van der Waals surface area (Å²) in [4.78, 5) is 21.5. The molecule has 0 amide bonds. The highest BCUT2D eigenvalue weighted by Gasteiger charge is 2.19. The minimum atomic E-state index is -1.04. The van der Waals surface area contributed by atoms with Gasteiger partial charge >= 0.3 is 11.7 Å². The molecule has 0 saturated carbocycles. The van der Waals surface area contributed by atoms with Crippen LogP contribution in [-0.2, 0) is 0 Å². The molecule has 2 aromatic rings. The first kappa shape index (κ1) is 14.5. The Kier molecular flexibility index (Phi) is 3.89. The van der Waals surface area contributed by atoms with E-state index >= 15 is 0 Å². The van der Waals surface area contributed by atoms with E-state index < -0.39 is 10.9 Å². The summed E-state index contributed by atoms with van der Waals surface area (Å²) in [6.07, 6.45) is 0. The van der Waals surface area contributed by atoms with Gasteiger partial charge < -0.3 is 9.84 Å². The number of aromatic carboxylic acids is 1. The molecule has 0 spiro atoms. The number of hydrogen-bond acceptors (Lipinski definition) is 4. The molecule has 0 atom stereocenters. The average Bonchev–Trinajstić information content (AvgIpc) is 2.40. The molecule has 0 bridgehead atoms. The Morgan fingerprint density at radius 1 is 1.14 bits per heavy atom. The fourth-order valence-electron chi connectivity index (χ4n) is 1.96. The van der Waals surface area contributed by atoms with Gasteiger partial charge in [-0.25, -0.2) is 4.79 Å². The Bertz CT molecular complexity index is 724. The molecule has 21 heavy (non-hydrogen) atoms. The summed E-state index contributed by atoms with van der Waals surface area (Å²) in [7, 11) is 0. The monoisotopic (exact) mass is 287 g/mol. The van der Waals surface area contributed by atoms with E-state index in [1.54, 1.807) is 26.0 Å². The first-order valence-corrected chi connectivity index (χ1v) is 6.16. The zero-order valence-electron chi connectivity index (χ0n) is 11.5. The maximum atomic E-state index is 11.1. The number of aryl methyl sites for hydroxylation is 2.